The van der Waals surface area contributed by atoms with Gasteiger partial charge in [-0.3, -0.25) is 9.59 Å². The minimum absolute atomic E-state index is 0.0924. The molecule has 0 atom stereocenters. The number of carbonyl (C=O) groups is 2. The number of carbonyl (C=O) groups excluding carboxylic acids is 1. The quantitative estimate of drug-likeness (QED) is 0.267. The second-order valence-corrected chi connectivity index (χ2v) is 9.02. The minimum Gasteiger partial charge on any atom is -0.481 e. The van der Waals surface area contributed by atoms with Crippen molar-refractivity contribution in [2.24, 2.45) is 0 Å². The molecule has 3 aromatic carbocycles. The van der Waals surface area contributed by atoms with Gasteiger partial charge in [0, 0.05) is 29.1 Å². The summed E-state index contributed by atoms with van der Waals surface area (Å²) >= 11 is 6.05. The number of nitrogens with one attached hydrogen (secondary N) is 1. The fraction of sp³-hybridized carbons (Fsp3) is 0.214. The molecule has 0 aliphatic rings. The summed E-state index contributed by atoms with van der Waals surface area (Å²) in [5.74, 6) is -1.41. The molecular weight excluding hydrogens is 481 g/mol. The van der Waals surface area contributed by atoms with E-state index >= 15 is 0 Å². The molecule has 2 N–H and O–H groups in total. The highest BCUT2D eigenvalue weighted by atomic mass is 35.5. The first-order chi connectivity index (χ1) is 17.3. The number of benzene rings is 3. The average Bonchev–Trinajstić information content (AvgIpc) is 2.85. The maximum absolute atomic E-state index is 13.3. The molecule has 1 heterocycles. The van der Waals surface area contributed by atoms with Crippen molar-refractivity contribution in [3.05, 3.63) is 93.9 Å². The molecule has 8 heteroatoms. The molecule has 6 nitrogen and oxygen atoms in total. The lowest BCUT2D eigenvalue weighted by Crippen LogP contribution is -2.23. The zero-order valence-electron chi connectivity index (χ0n) is 19.7. The standard InChI is InChI=1S/C28H25ClFN3O3/c1-17-14-22(30)12-8-20(17)16-31-28(36)19-9-13-23-25(15-19)32-24(4-2-3-5-26(34)35)27(33-23)18-6-10-21(29)11-7-18/h6-15H,2-5,16H2,1H3,(H,31,36)(H,34,35). The second-order valence-electron chi connectivity index (χ2n) is 8.58. The highest BCUT2D eigenvalue weighted by Gasteiger charge is 2.14. The number of rotatable bonds is 9. The number of hydrogen-bond donors (Lipinski definition) is 2. The van der Waals surface area contributed by atoms with Gasteiger partial charge < -0.3 is 10.4 Å². The molecule has 0 aliphatic carbocycles. The van der Waals surface area contributed by atoms with Gasteiger partial charge in [0.05, 0.1) is 22.4 Å². The van der Waals surface area contributed by atoms with E-state index in [9.17, 15) is 14.0 Å². The summed E-state index contributed by atoms with van der Waals surface area (Å²) in [4.78, 5) is 33.3. The summed E-state index contributed by atoms with van der Waals surface area (Å²) < 4.78 is 13.3. The van der Waals surface area contributed by atoms with Gasteiger partial charge in [0.15, 0.2) is 0 Å². The predicted octanol–water partition coefficient (Wildman–Crippen LogP) is 6.13. The number of unbranched alkanes of at least 4 members (excludes halogenated alkanes) is 1. The van der Waals surface area contributed by atoms with Crippen LogP contribution in [-0.4, -0.2) is 27.0 Å². The van der Waals surface area contributed by atoms with E-state index in [2.05, 4.69) is 5.32 Å². The van der Waals surface area contributed by atoms with E-state index in [0.29, 0.717) is 46.6 Å². The highest BCUT2D eigenvalue weighted by molar-refractivity contribution is 6.30. The molecule has 0 unspecified atom stereocenters. The van der Waals surface area contributed by atoms with Crippen LogP contribution in [0.2, 0.25) is 5.02 Å². The summed E-state index contributed by atoms with van der Waals surface area (Å²) in [5, 5.41) is 12.4. The molecule has 1 aromatic heterocycles. The molecule has 184 valence electrons. The van der Waals surface area contributed by atoms with Crippen LogP contribution in [0.3, 0.4) is 0 Å². The third-order valence-corrected chi connectivity index (χ3v) is 6.17. The maximum atomic E-state index is 13.3. The van der Waals surface area contributed by atoms with E-state index in [1.807, 2.05) is 12.1 Å². The van der Waals surface area contributed by atoms with E-state index in [1.54, 1.807) is 43.3 Å². The fourth-order valence-electron chi connectivity index (χ4n) is 3.95. The Labute approximate surface area is 213 Å². The summed E-state index contributed by atoms with van der Waals surface area (Å²) in [6.07, 6.45) is 1.81. The SMILES string of the molecule is Cc1cc(F)ccc1CNC(=O)c1ccc2nc(-c3ccc(Cl)cc3)c(CCCCC(=O)O)nc2c1. The van der Waals surface area contributed by atoms with Crippen molar-refractivity contribution in [3.63, 3.8) is 0 Å². The molecule has 0 radical (unpaired) electrons. The second kappa shape index (κ2) is 11.3. The lowest BCUT2D eigenvalue weighted by Gasteiger charge is -2.12. The normalized spacial score (nSPS) is 11.0. The lowest BCUT2D eigenvalue weighted by atomic mass is 10.0. The van der Waals surface area contributed by atoms with Crippen LogP contribution in [0.5, 0.6) is 0 Å². The molecule has 0 fully saturated rings. The Hall–Kier alpha value is -3.84. The van der Waals surface area contributed by atoms with Crippen LogP contribution >= 0.6 is 11.6 Å². The zero-order valence-corrected chi connectivity index (χ0v) is 20.5. The lowest BCUT2D eigenvalue weighted by molar-refractivity contribution is -0.137. The third-order valence-electron chi connectivity index (χ3n) is 5.91. The van der Waals surface area contributed by atoms with Crippen LogP contribution in [0, 0.1) is 12.7 Å². The number of fused-ring (bicyclic) bond motifs is 1. The number of carboxylic acid groups (broad SMARTS) is 1. The van der Waals surface area contributed by atoms with Crippen molar-refractivity contribution in [2.75, 3.05) is 0 Å². The number of nitrogens with zero attached hydrogens (tertiary/aromatic N) is 2. The van der Waals surface area contributed by atoms with Gasteiger partial charge in [-0.25, -0.2) is 14.4 Å². The minimum atomic E-state index is -0.830. The van der Waals surface area contributed by atoms with Crippen LogP contribution in [0.15, 0.2) is 60.7 Å². The van der Waals surface area contributed by atoms with Crippen LogP contribution in [0.1, 0.15) is 46.4 Å². The van der Waals surface area contributed by atoms with Crippen molar-refractivity contribution >= 4 is 34.5 Å². The molecule has 36 heavy (non-hydrogen) atoms. The molecular formula is C28H25ClFN3O3. The van der Waals surface area contributed by atoms with Crippen molar-refractivity contribution in [1.29, 1.82) is 0 Å². The number of aliphatic carboxylic acids is 1. The summed E-state index contributed by atoms with van der Waals surface area (Å²) in [7, 11) is 0. The monoisotopic (exact) mass is 505 g/mol. The van der Waals surface area contributed by atoms with E-state index in [1.165, 1.54) is 12.1 Å². The predicted molar refractivity (Wildman–Crippen MR) is 137 cm³/mol. The van der Waals surface area contributed by atoms with Crippen LogP contribution in [0.4, 0.5) is 4.39 Å². The third kappa shape index (κ3) is 6.23. The van der Waals surface area contributed by atoms with Crippen molar-refractivity contribution in [2.45, 2.75) is 39.2 Å². The van der Waals surface area contributed by atoms with Gasteiger partial charge in [0.1, 0.15) is 5.82 Å². The summed E-state index contributed by atoms with van der Waals surface area (Å²) in [5.41, 5.74) is 5.55. The molecule has 0 aliphatic heterocycles. The van der Waals surface area contributed by atoms with E-state index in [-0.39, 0.29) is 24.7 Å². The van der Waals surface area contributed by atoms with Crippen molar-refractivity contribution in [1.82, 2.24) is 15.3 Å². The average molecular weight is 506 g/mol. The Balaban J connectivity index is 1.60. The largest absolute Gasteiger partial charge is 0.481 e. The molecule has 4 aromatic rings. The van der Waals surface area contributed by atoms with Gasteiger partial charge in [-0.2, -0.15) is 0 Å². The van der Waals surface area contributed by atoms with Gasteiger partial charge in [0.25, 0.3) is 5.91 Å². The number of aromatic nitrogens is 2. The Morgan fingerprint density at radius 2 is 1.75 bits per heavy atom. The number of carboxylic acids is 1. The number of halogens is 2. The molecule has 4 rings (SSSR count). The first-order valence-electron chi connectivity index (χ1n) is 11.6. The molecule has 0 saturated heterocycles. The zero-order chi connectivity index (χ0) is 25.7. The van der Waals surface area contributed by atoms with Gasteiger partial charge in [-0.15, -0.1) is 0 Å². The van der Waals surface area contributed by atoms with Gasteiger partial charge in [-0.1, -0.05) is 29.8 Å². The number of amides is 1. The fourth-order valence-corrected chi connectivity index (χ4v) is 4.08. The summed E-state index contributed by atoms with van der Waals surface area (Å²) in [6.45, 7) is 2.07. The van der Waals surface area contributed by atoms with E-state index in [0.717, 1.165) is 22.4 Å². The van der Waals surface area contributed by atoms with Gasteiger partial charge >= 0.3 is 5.97 Å². The molecule has 0 saturated carbocycles. The number of aryl methyl sites for hydroxylation is 2. The Bertz CT molecular complexity index is 1420. The van der Waals surface area contributed by atoms with E-state index in [4.69, 9.17) is 26.7 Å². The van der Waals surface area contributed by atoms with Crippen molar-refractivity contribution in [3.8, 4) is 11.3 Å². The first-order valence-corrected chi connectivity index (χ1v) is 12.0. The highest BCUT2D eigenvalue weighted by Crippen LogP contribution is 2.27. The van der Waals surface area contributed by atoms with E-state index < -0.39 is 5.97 Å². The van der Waals surface area contributed by atoms with Gasteiger partial charge in [-0.05, 0) is 79.8 Å². The molecule has 1 amide bonds. The van der Waals surface area contributed by atoms with Gasteiger partial charge in [0.2, 0.25) is 0 Å². The number of hydrogen-bond acceptors (Lipinski definition) is 4. The van der Waals surface area contributed by atoms with Crippen LogP contribution in [0.25, 0.3) is 22.3 Å². The first kappa shape index (κ1) is 25.3. The topological polar surface area (TPSA) is 92.2 Å². The summed E-state index contributed by atoms with van der Waals surface area (Å²) in [6, 6.07) is 16.9. The molecule has 0 bridgehead atoms. The Kier molecular flexibility index (Phi) is 7.90. The van der Waals surface area contributed by atoms with Crippen LogP contribution < -0.4 is 5.32 Å². The Morgan fingerprint density at radius 1 is 0.972 bits per heavy atom. The smallest absolute Gasteiger partial charge is 0.303 e. The van der Waals surface area contributed by atoms with Crippen molar-refractivity contribution < 1.29 is 19.1 Å². The Morgan fingerprint density at radius 3 is 2.47 bits per heavy atom. The maximum Gasteiger partial charge on any atom is 0.303 e. The van der Waals surface area contributed by atoms with Crippen LogP contribution in [-0.2, 0) is 17.8 Å². The molecule has 0 spiro atoms.